The first-order chi connectivity index (χ1) is 11.4. The first-order valence-corrected chi connectivity index (χ1v) is 7.43. The number of aryl methyl sites for hydroxylation is 1. The van der Waals surface area contributed by atoms with Crippen LogP contribution in [0.1, 0.15) is 32.3 Å². The van der Waals surface area contributed by atoms with E-state index in [1.165, 1.54) is 0 Å². The highest BCUT2D eigenvalue weighted by Gasteiger charge is 2.22. The summed E-state index contributed by atoms with van der Waals surface area (Å²) in [6.07, 6.45) is 0.191. The molecule has 138 valence electrons. The number of benzene rings is 1. The van der Waals surface area contributed by atoms with E-state index in [-0.39, 0.29) is 26.7 Å². The smallest absolute Gasteiger partial charge is 0.322 e. The van der Waals surface area contributed by atoms with Crippen molar-refractivity contribution < 1.29 is 29.4 Å². The Hall–Kier alpha value is -2.90. The van der Waals surface area contributed by atoms with E-state index in [4.69, 9.17) is 10.2 Å². The van der Waals surface area contributed by atoms with Crippen LogP contribution in [0.3, 0.4) is 0 Å². The molecule has 1 rings (SSSR count). The molecule has 8 nitrogen and oxygen atoms in total. The minimum absolute atomic E-state index is 0. The first-order valence-electron chi connectivity index (χ1n) is 7.43. The van der Waals surface area contributed by atoms with Crippen molar-refractivity contribution in [2.75, 3.05) is 6.54 Å². The fourth-order valence-corrected chi connectivity index (χ4v) is 1.99. The molecule has 8 heteroatoms. The van der Waals surface area contributed by atoms with Crippen LogP contribution in [0.5, 0.6) is 0 Å². The molecule has 2 amide bonds. The molecule has 25 heavy (non-hydrogen) atoms. The van der Waals surface area contributed by atoms with Gasteiger partial charge in [0, 0.05) is 12.8 Å². The molecular formula is C17H24N2O6. The van der Waals surface area contributed by atoms with Crippen LogP contribution < -0.4 is 10.6 Å². The van der Waals surface area contributed by atoms with Gasteiger partial charge >= 0.3 is 11.9 Å². The molecule has 4 N–H and O–H groups in total. The second-order valence-corrected chi connectivity index (χ2v) is 5.15. The maximum Gasteiger partial charge on any atom is 0.322 e. The van der Waals surface area contributed by atoms with Gasteiger partial charge in [-0.25, -0.2) is 0 Å². The van der Waals surface area contributed by atoms with Gasteiger partial charge in [-0.15, -0.1) is 0 Å². The van der Waals surface area contributed by atoms with E-state index >= 15 is 0 Å². The van der Waals surface area contributed by atoms with E-state index in [1.807, 2.05) is 30.3 Å². The summed E-state index contributed by atoms with van der Waals surface area (Å²) in [4.78, 5) is 45.0. The van der Waals surface area contributed by atoms with Crippen molar-refractivity contribution in [3.05, 3.63) is 35.9 Å². The van der Waals surface area contributed by atoms with Gasteiger partial charge in [-0.3, -0.25) is 19.2 Å². The Balaban J connectivity index is 0.00000576. The molecule has 1 unspecified atom stereocenters. The molecule has 0 saturated heterocycles. The van der Waals surface area contributed by atoms with Gasteiger partial charge in [0.1, 0.15) is 12.6 Å². The molecule has 0 aliphatic carbocycles. The Morgan fingerprint density at radius 3 is 2.16 bits per heavy atom. The Kier molecular flexibility index (Phi) is 10.3. The lowest BCUT2D eigenvalue weighted by Gasteiger charge is -2.17. The Labute approximate surface area is 146 Å². The topological polar surface area (TPSA) is 133 Å². The number of carbonyl (C=O) groups excluding carboxylic acids is 2. The molecule has 0 saturated carbocycles. The van der Waals surface area contributed by atoms with E-state index < -0.39 is 36.3 Å². The monoisotopic (exact) mass is 352 g/mol. The van der Waals surface area contributed by atoms with Crippen molar-refractivity contribution in [1.82, 2.24) is 10.6 Å². The highest BCUT2D eigenvalue weighted by atomic mass is 16.4. The molecule has 1 aromatic rings. The van der Waals surface area contributed by atoms with Crippen LogP contribution in [-0.4, -0.2) is 46.6 Å². The third-order valence-corrected chi connectivity index (χ3v) is 3.20. The molecule has 0 aromatic heterocycles. The number of hydrogen-bond donors (Lipinski definition) is 4. The van der Waals surface area contributed by atoms with Gasteiger partial charge in [-0.05, 0) is 18.4 Å². The van der Waals surface area contributed by atoms with Crippen molar-refractivity contribution in [2.45, 2.75) is 39.2 Å². The molecule has 0 aliphatic heterocycles. The van der Waals surface area contributed by atoms with Crippen LogP contribution in [0.25, 0.3) is 0 Å². The summed E-state index contributed by atoms with van der Waals surface area (Å²) in [5.41, 5.74) is 0.963. The van der Waals surface area contributed by atoms with Gasteiger partial charge in [0.15, 0.2) is 0 Å². The molecule has 0 aliphatic rings. The van der Waals surface area contributed by atoms with Gasteiger partial charge in [0.2, 0.25) is 11.8 Å². The van der Waals surface area contributed by atoms with E-state index in [2.05, 4.69) is 10.6 Å². The fourth-order valence-electron chi connectivity index (χ4n) is 1.99. The van der Waals surface area contributed by atoms with Gasteiger partial charge in [-0.1, -0.05) is 37.8 Å². The maximum atomic E-state index is 12.0. The van der Waals surface area contributed by atoms with Crippen molar-refractivity contribution in [3.8, 4) is 0 Å². The number of nitrogens with one attached hydrogen (secondary N) is 2. The lowest BCUT2D eigenvalue weighted by Crippen LogP contribution is -2.48. The van der Waals surface area contributed by atoms with Crippen LogP contribution in [0.2, 0.25) is 0 Å². The number of hydrogen-bond acceptors (Lipinski definition) is 4. The van der Waals surface area contributed by atoms with Crippen molar-refractivity contribution in [3.63, 3.8) is 0 Å². The lowest BCUT2D eigenvalue weighted by atomic mass is 10.1. The fraction of sp³-hybridized carbons (Fsp3) is 0.412. The lowest BCUT2D eigenvalue weighted by molar-refractivity contribution is -0.140. The first kappa shape index (κ1) is 22.1. The number of amides is 2. The zero-order chi connectivity index (χ0) is 17.9. The summed E-state index contributed by atoms with van der Waals surface area (Å²) in [6, 6.07) is 8.22. The molecule has 0 heterocycles. The number of carboxylic acid groups (broad SMARTS) is 2. The second-order valence-electron chi connectivity index (χ2n) is 5.15. The van der Waals surface area contributed by atoms with Gasteiger partial charge in [0.25, 0.3) is 0 Å². The minimum Gasteiger partial charge on any atom is -0.481 e. The van der Waals surface area contributed by atoms with Crippen molar-refractivity contribution in [1.29, 1.82) is 0 Å². The summed E-state index contributed by atoms with van der Waals surface area (Å²) in [5, 5.41) is 21.9. The zero-order valence-electron chi connectivity index (χ0n) is 13.0. The third kappa shape index (κ3) is 9.75. The van der Waals surface area contributed by atoms with Crippen LogP contribution in [-0.2, 0) is 25.6 Å². The third-order valence-electron chi connectivity index (χ3n) is 3.20. The average Bonchev–Trinajstić information content (AvgIpc) is 2.55. The Morgan fingerprint density at radius 2 is 1.60 bits per heavy atom. The average molecular weight is 352 g/mol. The Morgan fingerprint density at radius 1 is 0.960 bits per heavy atom. The number of rotatable bonds is 10. The molecule has 0 spiro atoms. The van der Waals surface area contributed by atoms with E-state index in [0.29, 0.717) is 6.42 Å². The van der Waals surface area contributed by atoms with Crippen LogP contribution in [0.15, 0.2) is 30.3 Å². The highest BCUT2D eigenvalue weighted by molar-refractivity contribution is 5.89. The van der Waals surface area contributed by atoms with Gasteiger partial charge in [-0.2, -0.15) is 0 Å². The van der Waals surface area contributed by atoms with Gasteiger partial charge in [0.05, 0.1) is 0 Å². The molecule has 1 atom stereocenters. The SMILES string of the molecule is C.O=C(O)CCC(NC(=O)CCc1ccccc1)C(=O)NCC(=O)O. The van der Waals surface area contributed by atoms with Crippen molar-refractivity contribution >= 4 is 23.8 Å². The normalized spacial score (nSPS) is 10.9. The molecule has 0 fully saturated rings. The van der Waals surface area contributed by atoms with Crippen LogP contribution >= 0.6 is 0 Å². The number of carboxylic acids is 2. The summed E-state index contributed by atoms with van der Waals surface area (Å²) < 4.78 is 0. The standard InChI is InChI=1S/C16H20N2O6.CH4/c19-13(8-6-11-4-2-1-3-5-11)18-12(7-9-14(20)21)16(24)17-10-15(22)23;/h1-5,12H,6-10H2,(H,17,24)(H,18,19)(H,20,21)(H,22,23);1H4. The van der Waals surface area contributed by atoms with Crippen LogP contribution in [0.4, 0.5) is 0 Å². The Bertz CT molecular complexity index is 588. The summed E-state index contributed by atoms with van der Waals surface area (Å²) in [6.45, 7) is -0.595. The quantitative estimate of drug-likeness (QED) is 0.492. The number of carbonyl (C=O) groups is 4. The summed E-state index contributed by atoms with van der Waals surface area (Å²) in [5.74, 6) is -3.45. The van der Waals surface area contributed by atoms with Crippen LogP contribution in [0, 0.1) is 0 Å². The van der Waals surface area contributed by atoms with E-state index in [1.54, 1.807) is 0 Å². The van der Waals surface area contributed by atoms with Gasteiger partial charge < -0.3 is 20.8 Å². The van der Waals surface area contributed by atoms with E-state index in [0.717, 1.165) is 5.56 Å². The second kappa shape index (κ2) is 11.6. The molecular weight excluding hydrogens is 328 g/mol. The molecule has 1 aromatic carbocycles. The largest absolute Gasteiger partial charge is 0.481 e. The molecule has 0 bridgehead atoms. The molecule has 0 radical (unpaired) electrons. The maximum absolute atomic E-state index is 12.0. The van der Waals surface area contributed by atoms with E-state index in [9.17, 15) is 19.2 Å². The summed E-state index contributed by atoms with van der Waals surface area (Å²) in [7, 11) is 0. The number of aliphatic carboxylic acids is 2. The van der Waals surface area contributed by atoms with Crippen molar-refractivity contribution in [2.24, 2.45) is 0 Å². The minimum atomic E-state index is -1.23. The predicted molar refractivity (Wildman–Crippen MR) is 90.9 cm³/mol. The summed E-state index contributed by atoms with van der Waals surface area (Å²) >= 11 is 0. The zero-order valence-corrected chi connectivity index (χ0v) is 13.0. The predicted octanol–water partition coefficient (Wildman–Crippen LogP) is 0.806. The highest BCUT2D eigenvalue weighted by Crippen LogP contribution is 2.04.